The second kappa shape index (κ2) is 4.25. The molecule has 2 nitrogen and oxygen atoms in total. The lowest BCUT2D eigenvalue weighted by Gasteiger charge is -1.98. The number of imidazole rings is 1. The molecule has 84 valence electrons. The summed E-state index contributed by atoms with van der Waals surface area (Å²) in [6.45, 7) is 3.75. The number of hydrogen-bond donors (Lipinski definition) is 1. The van der Waals surface area contributed by atoms with Crippen LogP contribution in [0.15, 0.2) is 47.2 Å². The summed E-state index contributed by atoms with van der Waals surface area (Å²) in [7, 11) is 0.527. The van der Waals surface area contributed by atoms with Crippen LogP contribution in [-0.4, -0.2) is 9.97 Å². The van der Waals surface area contributed by atoms with Gasteiger partial charge in [-0.2, -0.15) is 0 Å². The minimum absolute atomic E-state index is 0.527. The molecule has 0 saturated heterocycles. The van der Waals surface area contributed by atoms with Crippen molar-refractivity contribution < 1.29 is 0 Å². The fourth-order valence-corrected chi connectivity index (χ4v) is 2.89. The molecule has 0 amide bonds. The van der Waals surface area contributed by atoms with E-state index in [4.69, 9.17) is 0 Å². The Morgan fingerprint density at radius 2 is 2.18 bits per heavy atom. The lowest BCUT2D eigenvalue weighted by molar-refractivity contribution is 1.45. The molecule has 0 aliphatic carbocycles. The number of rotatable bonds is 2. The normalized spacial score (nSPS) is 11.8. The minimum atomic E-state index is 0.527. The van der Waals surface area contributed by atoms with Crippen molar-refractivity contribution in [3.05, 3.63) is 47.2 Å². The maximum absolute atomic E-state index is 4.63. The maximum atomic E-state index is 4.63. The van der Waals surface area contributed by atoms with Crippen molar-refractivity contribution in [1.82, 2.24) is 9.97 Å². The minimum Gasteiger partial charge on any atom is -0.338 e. The number of halogens is 1. The first-order valence-electron chi connectivity index (χ1n) is 5.23. The summed E-state index contributed by atoms with van der Waals surface area (Å²) in [6.07, 6.45) is 0. The van der Waals surface area contributed by atoms with Gasteiger partial charge in [0.15, 0.2) is 0 Å². The van der Waals surface area contributed by atoms with Gasteiger partial charge in [0.05, 0.1) is 11.0 Å². The van der Waals surface area contributed by atoms with Gasteiger partial charge >= 0.3 is 0 Å². The van der Waals surface area contributed by atoms with Crippen molar-refractivity contribution >= 4 is 51.9 Å². The Balaban J connectivity index is 2.34. The predicted octanol–water partition coefficient (Wildman–Crippen LogP) is 3.93. The van der Waals surface area contributed by atoms with E-state index >= 15 is 0 Å². The second-order valence-corrected chi connectivity index (χ2v) is 5.85. The molecule has 0 radical (unpaired) electrons. The summed E-state index contributed by atoms with van der Waals surface area (Å²) in [6, 6.07) is 10.4. The lowest BCUT2D eigenvalue weighted by atomic mass is 10.1. The highest BCUT2D eigenvalue weighted by Crippen LogP contribution is 2.26. The van der Waals surface area contributed by atoms with Gasteiger partial charge in [0.25, 0.3) is 0 Å². The zero-order valence-corrected chi connectivity index (χ0v) is 11.6. The second-order valence-electron chi connectivity index (χ2n) is 3.76. The number of nitrogens with zero attached hydrogens (tertiary/aromatic N) is 1. The van der Waals surface area contributed by atoms with E-state index in [1.807, 2.05) is 11.9 Å². The van der Waals surface area contributed by atoms with Crippen LogP contribution in [0.1, 0.15) is 0 Å². The van der Waals surface area contributed by atoms with E-state index in [1.54, 1.807) is 0 Å². The Hall–Kier alpha value is -1.18. The van der Waals surface area contributed by atoms with Crippen LogP contribution in [0.5, 0.6) is 0 Å². The number of hydrogen-bond acceptors (Lipinski definition) is 1. The third kappa shape index (κ3) is 1.90. The third-order valence-electron chi connectivity index (χ3n) is 2.67. The quantitative estimate of drug-likeness (QED) is 0.714. The molecule has 17 heavy (non-hydrogen) atoms. The number of nitrogens with one attached hydrogen (secondary N) is 1. The highest BCUT2D eigenvalue weighted by molar-refractivity contribution is 9.10. The smallest absolute Gasteiger partial charge is 0.130 e. The van der Waals surface area contributed by atoms with Crippen LogP contribution in [0.3, 0.4) is 0 Å². The summed E-state index contributed by atoms with van der Waals surface area (Å²) in [5, 5.41) is 2.38. The van der Waals surface area contributed by atoms with Gasteiger partial charge in [0.2, 0.25) is 0 Å². The molecule has 0 bridgehead atoms. The fraction of sp³-hybridized carbons (Fsp3) is 0. The SMILES string of the molecule is C=CPc1nc2c(ccc3cc(Br)ccc32)[nH]1. The van der Waals surface area contributed by atoms with Gasteiger partial charge in [0.1, 0.15) is 5.57 Å². The molecular weight excluding hydrogens is 295 g/mol. The van der Waals surface area contributed by atoms with E-state index in [1.165, 1.54) is 10.8 Å². The Labute approximate surface area is 109 Å². The van der Waals surface area contributed by atoms with E-state index in [0.29, 0.717) is 8.58 Å². The number of H-pyrrole nitrogens is 1. The van der Waals surface area contributed by atoms with Gasteiger partial charge in [-0.15, -0.1) is 0 Å². The third-order valence-corrected chi connectivity index (χ3v) is 3.88. The fourth-order valence-electron chi connectivity index (χ4n) is 1.94. The molecule has 4 heteroatoms. The maximum Gasteiger partial charge on any atom is 0.130 e. The van der Waals surface area contributed by atoms with E-state index in [2.05, 4.69) is 56.7 Å². The van der Waals surface area contributed by atoms with Crippen LogP contribution < -0.4 is 5.57 Å². The molecule has 0 aliphatic heterocycles. The van der Waals surface area contributed by atoms with E-state index in [9.17, 15) is 0 Å². The first-order valence-corrected chi connectivity index (χ1v) is 7.10. The first kappa shape index (κ1) is 10.9. The van der Waals surface area contributed by atoms with Gasteiger partial charge in [0, 0.05) is 9.86 Å². The van der Waals surface area contributed by atoms with Gasteiger partial charge in [-0.1, -0.05) is 40.5 Å². The molecule has 1 aromatic heterocycles. The van der Waals surface area contributed by atoms with Gasteiger partial charge < -0.3 is 4.98 Å². The summed E-state index contributed by atoms with van der Waals surface area (Å²) in [5.41, 5.74) is 3.12. The average Bonchev–Trinajstić information content (AvgIpc) is 2.72. The zero-order valence-electron chi connectivity index (χ0n) is 9.00. The van der Waals surface area contributed by atoms with E-state index < -0.39 is 0 Å². The Bertz CT molecular complexity index is 718. The van der Waals surface area contributed by atoms with E-state index in [0.717, 1.165) is 21.1 Å². The van der Waals surface area contributed by atoms with Crippen LogP contribution >= 0.6 is 24.5 Å². The molecule has 3 aromatic rings. The van der Waals surface area contributed by atoms with Crippen molar-refractivity contribution in [3.8, 4) is 0 Å². The molecule has 0 fully saturated rings. The largest absolute Gasteiger partial charge is 0.338 e. The highest BCUT2D eigenvalue weighted by atomic mass is 79.9. The highest BCUT2D eigenvalue weighted by Gasteiger charge is 2.06. The number of benzene rings is 2. The van der Waals surface area contributed by atoms with Crippen molar-refractivity contribution in [2.24, 2.45) is 0 Å². The van der Waals surface area contributed by atoms with Gasteiger partial charge in [-0.25, -0.2) is 4.98 Å². The lowest BCUT2D eigenvalue weighted by Crippen LogP contribution is -1.95. The van der Waals surface area contributed by atoms with Crippen LogP contribution in [0.25, 0.3) is 21.8 Å². The topological polar surface area (TPSA) is 28.7 Å². The molecule has 1 N–H and O–H groups in total. The monoisotopic (exact) mass is 304 g/mol. The van der Waals surface area contributed by atoms with Crippen molar-refractivity contribution in [2.75, 3.05) is 0 Å². The first-order chi connectivity index (χ1) is 8.28. The molecule has 1 unspecified atom stereocenters. The molecule has 1 heterocycles. The zero-order chi connectivity index (χ0) is 11.8. The Morgan fingerprint density at radius 3 is 3.00 bits per heavy atom. The summed E-state index contributed by atoms with van der Waals surface area (Å²) in [4.78, 5) is 7.95. The van der Waals surface area contributed by atoms with Crippen molar-refractivity contribution in [1.29, 1.82) is 0 Å². The van der Waals surface area contributed by atoms with Crippen LogP contribution in [-0.2, 0) is 0 Å². The molecule has 0 aliphatic rings. The summed E-state index contributed by atoms with van der Waals surface area (Å²) in [5.74, 6) is 1.89. The number of aromatic amines is 1. The molecule has 2 aromatic carbocycles. The van der Waals surface area contributed by atoms with Crippen LogP contribution in [0.4, 0.5) is 0 Å². The molecule has 3 rings (SSSR count). The van der Waals surface area contributed by atoms with Gasteiger partial charge in [-0.3, -0.25) is 0 Å². The van der Waals surface area contributed by atoms with Crippen LogP contribution in [0, 0.1) is 0 Å². The Kier molecular flexibility index (Phi) is 2.73. The molecule has 0 spiro atoms. The summed E-state index contributed by atoms with van der Waals surface area (Å²) >= 11 is 3.49. The molecular formula is C13H10BrN2P. The molecule has 1 atom stereocenters. The summed E-state index contributed by atoms with van der Waals surface area (Å²) < 4.78 is 1.09. The van der Waals surface area contributed by atoms with Crippen LogP contribution in [0.2, 0.25) is 0 Å². The number of fused-ring (bicyclic) bond motifs is 3. The van der Waals surface area contributed by atoms with Gasteiger partial charge in [-0.05, 0) is 32.2 Å². The molecule has 0 saturated carbocycles. The van der Waals surface area contributed by atoms with E-state index in [-0.39, 0.29) is 0 Å². The average molecular weight is 305 g/mol. The van der Waals surface area contributed by atoms with Crippen molar-refractivity contribution in [2.45, 2.75) is 0 Å². The Morgan fingerprint density at radius 1 is 1.29 bits per heavy atom. The predicted molar refractivity (Wildman–Crippen MR) is 79.4 cm³/mol. The van der Waals surface area contributed by atoms with Crippen molar-refractivity contribution in [3.63, 3.8) is 0 Å². The standard InChI is InChI=1S/C13H10BrN2P/c1-2-17-13-15-11-6-3-8-7-9(14)4-5-10(8)12(11)16-13/h2-7,17H,1H2,(H,15,16). The number of aromatic nitrogens is 2.